The summed E-state index contributed by atoms with van der Waals surface area (Å²) in [5.41, 5.74) is 9.27. The predicted octanol–water partition coefficient (Wildman–Crippen LogP) is 4.02. The van der Waals surface area contributed by atoms with Gasteiger partial charge in [0.2, 0.25) is 0 Å². The molecule has 0 unspecified atom stereocenters. The lowest BCUT2D eigenvalue weighted by Gasteiger charge is -2.06. The molecule has 0 aliphatic carbocycles. The molecule has 0 amide bonds. The van der Waals surface area contributed by atoms with E-state index in [1.54, 1.807) is 12.1 Å². The second-order valence-electron chi connectivity index (χ2n) is 4.51. The van der Waals surface area contributed by atoms with E-state index in [0.717, 1.165) is 16.5 Å². The Labute approximate surface area is 121 Å². The lowest BCUT2D eigenvalue weighted by Crippen LogP contribution is -2.05. The zero-order valence-corrected chi connectivity index (χ0v) is 12.4. The number of rotatable bonds is 4. The number of nitrogens with two attached hydrogens (primary N) is 1. The van der Waals surface area contributed by atoms with E-state index in [1.165, 1.54) is 5.56 Å². The van der Waals surface area contributed by atoms with Crippen molar-refractivity contribution in [3.8, 4) is 0 Å². The average Bonchev–Trinajstić information content (AvgIpc) is 2.42. The summed E-state index contributed by atoms with van der Waals surface area (Å²) in [4.78, 5) is 12.3. The van der Waals surface area contributed by atoms with Crippen LogP contribution in [0.4, 0.5) is 5.69 Å². The Bertz CT molecular complexity index is 590. The van der Waals surface area contributed by atoms with E-state index in [4.69, 9.17) is 5.73 Å². The van der Waals surface area contributed by atoms with Crippen LogP contribution in [0.5, 0.6) is 0 Å². The summed E-state index contributed by atoms with van der Waals surface area (Å²) in [6, 6.07) is 13.5. The molecular weight excluding hydrogens is 302 g/mol. The molecule has 0 aliphatic heterocycles. The van der Waals surface area contributed by atoms with Gasteiger partial charge in [-0.15, -0.1) is 0 Å². The van der Waals surface area contributed by atoms with Crippen molar-refractivity contribution in [3.63, 3.8) is 0 Å². The first kappa shape index (κ1) is 13.8. The molecule has 2 rings (SSSR count). The molecule has 19 heavy (non-hydrogen) atoms. The smallest absolute Gasteiger partial charge is 0.168 e. The highest BCUT2D eigenvalue weighted by molar-refractivity contribution is 9.10. The summed E-state index contributed by atoms with van der Waals surface area (Å²) in [7, 11) is 0. The molecular formula is C16H16BrNO. The first-order valence-corrected chi connectivity index (χ1v) is 7.05. The van der Waals surface area contributed by atoms with Gasteiger partial charge in [0.15, 0.2) is 5.78 Å². The molecule has 0 saturated carbocycles. The number of hydrogen-bond acceptors (Lipinski definition) is 2. The number of hydrogen-bond donors (Lipinski definition) is 1. The molecule has 0 radical (unpaired) electrons. The molecule has 0 aliphatic rings. The fourth-order valence-electron chi connectivity index (χ4n) is 1.93. The molecule has 2 aromatic carbocycles. The summed E-state index contributed by atoms with van der Waals surface area (Å²) in [5.74, 6) is 0.0726. The summed E-state index contributed by atoms with van der Waals surface area (Å²) in [6.45, 7) is 2.12. The van der Waals surface area contributed by atoms with Gasteiger partial charge in [-0.2, -0.15) is 0 Å². The molecule has 0 saturated heterocycles. The number of halogens is 1. The summed E-state index contributed by atoms with van der Waals surface area (Å²) >= 11 is 3.39. The molecule has 2 aromatic rings. The molecule has 0 fully saturated rings. The van der Waals surface area contributed by atoms with E-state index < -0.39 is 0 Å². The highest BCUT2D eigenvalue weighted by Crippen LogP contribution is 2.21. The van der Waals surface area contributed by atoms with Gasteiger partial charge < -0.3 is 5.73 Å². The van der Waals surface area contributed by atoms with Crippen molar-refractivity contribution in [2.75, 3.05) is 5.73 Å². The van der Waals surface area contributed by atoms with Crippen LogP contribution in [-0.4, -0.2) is 5.78 Å². The zero-order valence-electron chi connectivity index (χ0n) is 10.8. The Morgan fingerprint density at radius 3 is 2.37 bits per heavy atom. The Morgan fingerprint density at radius 1 is 1.11 bits per heavy atom. The topological polar surface area (TPSA) is 43.1 Å². The van der Waals surface area contributed by atoms with Crippen molar-refractivity contribution in [1.29, 1.82) is 0 Å². The second kappa shape index (κ2) is 6.02. The van der Waals surface area contributed by atoms with E-state index in [2.05, 4.69) is 35.0 Å². The minimum absolute atomic E-state index is 0.0726. The Kier molecular flexibility index (Phi) is 4.38. The maximum Gasteiger partial charge on any atom is 0.168 e. The molecule has 98 valence electrons. The monoisotopic (exact) mass is 317 g/mol. The molecule has 0 atom stereocenters. The van der Waals surface area contributed by atoms with Gasteiger partial charge in [0.05, 0.1) is 0 Å². The van der Waals surface area contributed by atoms with Gasteiger partial charge >= 0.3 is 0 Å². The fraction of sp³-hybridized carbons (Fsp3) is 0.188. The van der Waals surface area contributed by atoms with Crippen molar-refractivity contribution >= 4 is 27.4 Å². The van der Waals surface area contributed by atoms with Crippen LogP contribution in [0, 0.1) is 0 Å². The van der Waals surface area contributed by atoms with Crippen LogP contribution >= 0.6 is 15.9 Å². The standard InChI is InChI=1S/C16H16BrNO/c1-2-11-3-5-12(6-4-11)9-16(19)14-10-13(18)7-8-15(14)17/h3-8,10H,2,9,18H2,1H3. The maximum atomic E-state index is 12.3. The summed E-state index contributed by atoms with van der Waals surface area (Å²) in [6.07, 6.45) is 1.40. The Balaban J connectivity index is 2.18. The van der Waals surface area contributed by atoms with Gasteiger partial charge in [-0.1, -0.05) is 47.1 Å². The molecule has 2 N–H and O–H groups in total. The van der Waals surface area contributed by atoms with E-state index in [-0.39, 0.29) is 5.78 Å². The quantitative estimate of drug-likeness (QED) is 0.683. The average molecular weight is 318 g/mol. The normalized spacial score (nSPS) is 10.4. The molecule has 3 heteroatoms. The van der Waals surface area contributed by atoms with Gasteiger partial charge in [0.1, 0.15) is 0 Å². The second-order valence-corrected chi connectivity index (χ2v) is 5.36. The third-order valence-corrected chi connectivity index (χ3v) is 3.78. The maximum absolute atomic E-state index is 12.3. The largest absolute Gasteiger partial charge is 0.399 e. The van der Waals surface area contributed by atoms with Crippen LogP contribution in [0.25, 0.3) is 0 Å². The van der Waals surface area contributed by atoms with Gasteiger partial charge in [0.25, 0.3) is 0 Å². The fourth-order valence-corrected chi connectivity index (χ4v) is 2.40. The van der Waals surface area contributed by atoms with Crippen LogP contribution in [0.2, 0.25) is 0 Å². The predicted molar refractivity (Wildman–Crippen MR) is 82.4 cm³/mol. The van der Waals surface area contributed by atoms with E-state index in [9.17, 15) is 4.79 Å². The van der Waals surface area contributed by atoms with Crippen molar-refractivity contribution < 1.29 is 4.79 Å². The Morgan fingerprint density at radius 2 is 1.74 bits per heavy atom. The van der Waals surface area contributed by atoms with Crippen molar-refractivity contribution in [1.82, 2.24) is 0 Å². The number of carbonyl (C=O) groups is 1. The van der Waals surface area contributed by atoms with Gasteiger partial charge in [-0.3, -0.25) is 4.79 Å². The van der Waals surface area contributed by atoms with Gasteiger partial charge in [-0.05, 0) is 35.7 Å². The van der Waals surface area contributed by atoms with E-state index in [0.29, 0.717) is 17.7 Å². The molecule has 0 bridgehead atoms. The number of ketones is 1. The highest BCUT2D eigenvalue weighted by atomic mass is 79.9. The minimum atomic E-state index is 0.0726. The molecule has 0 spiro atoms. The lowest BCUT2D eigenvalue weighted by molar-refractivity contribution is 0.0992. The molecule has 2 nitrogen and oxygen atoms in total. The summed E-state index contributed by atoms with van der Waals surface area (Å²) < 4.78 is 0.789. The van der Waals surface area contributed by atoms with Crippen LogP contribution in [0.15, 0.2) is 46.9 Å². The third kappa shape index (κ3) is 3.44. The van der Waals surface area contributed by atoms with Crippen molar-refractivity contribution in [2.45, 2.75) is 19.8 Å². The third-order valence-electron chi connectivity index (χ3n) is 3.09. The van der Waals surface area contributed by atoms with Gasteiger partial charge in [0, 0.05) is 22.1 Å². The Hall–Kier alpha value is -1.61. The van der Waals surface area contributed by atoms with Crippen LogP contribution in [-0.2, 0) is 12.8 Å². The van der Waals surface area contributed by atoms with E-state index in [1.807, 2.05) is 18.2 Å². The molecule has 0 heterocycles. The van der Waals surface area contributed by atoms with Crippen LogP contribution in [0.1, 0.15) is 28.4 Å². The number of benzene rings is 2. The number of anilines is 1. The zero-order chi connectivity index (χ0) is 13.8. The number of nitrogen functional groups attached to an aromatic ring is 1. The van der Waals surface area contributed by atoms with Crippen molar-refractivity contribution in [3.05, 3.63) is 63.6 Å². The van der Waals surface area contributed by atoms with Crippen molar-refractivity contribution in [2.24, 2.45) is 0 Å². The van der Waals surface area contributed by atoms with Gasteiger partial charge in [-0.25, -0.2) is 0 Å². The van der Waals surface area contributed by atoms with E-state index >= 15 is 0 Å². The SMILES string of the molecule is CCc1ccc(CC(=O)c2cc(N)ccc2Br)cc1. The summed E-state index contributed by atoms with van der Waals surface area (Å²) in [5, 5.41) is 0. The lowest BCUT2D eigenvalue weighted by atomic mass is 10.0. The first-order valence-electron chi connectivity index (χ1n) is 6.26. The molecule has 0 aromatic heterocycles. The highest BCUT2D eigenvalue weighted by Gasteiger charge is 2.11. The minimum Gasteiger partial charge on any atom is -0.399 e. The van der Waals surface area contributed by atoms with Crippen LogP contribution in [0.3, 0.4) is 0 Å². The number of carbonyl (C=O) groups excluding carboxylic acids is 1. The number of Topliss-reactive ketones (excluding diaryl/α,β-unsaturated/α-hetero) is 1. The number of aryl methyl sites for hydroxylation is 1. The first-order chi connectivity index (χ1) is 9.10. The van der Waals surface area contributed by atoms with Crippen LogP contribution < -0.4 is 5.73 Å².